The molecule has 0 heterocycles. The molecule has 76 valence electrons. The molecule has 1 unspecified atom stereocenters. The number of nitrogens with two attached hydrogens (primary N) is 2. The summed E-state index contributed by atoms with van der Waals surface area (Å²) in [5.41, 5.74) is 10.3. The van der Waals surface area contributed by atoms with E-state index in [0.29, 0.717) is 25.8 Å². The first kappa shape index (κ1) is 11.7. The van der Waals surface area contributed by atoms with E-state index in [0.717, 1.165) is 0 Å². The van der Waals surface area contributed by atoms with E-state index in [1.807, 2.05) is 0 Å². The van der Waals surface area contributed by atoms with E-state index in [2.05, 4.69) is 5.32 Å². The first-order valence-corrected chi connectivity index (χ1v) is 4.05. The summed E-state index contributed by atoms with van der Waals surface area (Å²) in [5.74, 6) is -0.522. The molecule has 0 saturated carbocycles. The Labute approximate surface area is 76.3 Å². The predicted octanol–water partition coefficient (Wildman–Crippen LogP) is -0.763. The number of carbonyl (C=O) groups is 2. The molecule has 0 aliphatic carbocycles. The van der Waals surface area contributed by atoms with Crippen LogP contribution in [0.25, 0.3) is 0 Å². The molecule has 0 rings (SSSR count). The lowest BCUT2D eigenvalue weighted by Crippen LogP contribution is -2.36. The maximum atomic E-state index is 10.5. The zero-order valence-electron chi connectivity index (χ0n) is 7.32. The monoisotopic (exact) mass is 189 g/mol. The van der Waals surface area contributed by atoms with Gasteiger partial charge in [0.25, 0.3) is 0 Å². The molecule has 6 nitrogen and oxygen atoms in total. The van der Waals surface area contributed by atoms with E-state index in [9.17, 15) is 9.59 Å². The molecule has 13 heavy (non-hydrogen) atoms. The summed E-state index contributed by atoms with van der Waals surface area (Å²) in [5, 5.41) is 10.4. The summed E-state index contributed by atoms with van der Waals surface area (Å²) in [7, 11) is 0. The van der Waals surface area contributed by atoms with Crippen LogP contribution in [0.4, 0.5) is 4.79 Å². The molecule has 0 aromatic heterocycles. The van der Waals surface area contributed by atoms with Crippen molar-refractivity contribution in [2.45, 2.75) is 25.3 Å². The van der Waals surface area contributed by atoms with E-state index >= 15 is 0 Å². The smallest absolute Gasteiger partial charge is 0.404 e. The minimum Gasteiger partial charge on any atom is -0.465 e. The van der Waals surface area contributed by atoms with Crippen molar-refractivity contribution >= 4 is 12.0 Å². The van der Waals surface area contributed by atoms with Crippen LogP contribution in [-0.4, -0.2) is 29.7 Å². The Morgan fingerprint density at radius 2 is 2.00 bits per heavy atom. The fourth-order valence-corrected chi connectivity index (χ4v) is 0.827. The molecule has 2 amide bonds. The van der Waals surface area contributed by atoms with Gasteiger partial charge in [-0.25, -0.2) is 4.79 Å². The summed E-state index contributed by atoms with van der Waals surface area (Å²) in [6.07, 6.45) is 0.799. The first-order chi connectivity index (χ1) is 6.04. The first-order valence-electron chi connectivity index (χ1n) is 4.05. The van der Waals surface area contributed by atoms with Crippen molar-refractivity contribution in [3.05, 3.63) is 0 Å². The maximum Gasteiger partial charge on any atom is 0.404 e. The van der Waals surface area contributed by atoms with Gasteiger partial charge in [0.05, 0.1) is 6.04 Å². The topological polar surface area (TPSA) is 118 Å². The maximum absolute atomic E-state index is 10.5. The summed E-state index contributed by atoms with van der Waals surface area (Å²) in [6, 6.07) is -0.621. The predicted molar refractivity (Wildman–Crippen MR) is 47.0 cm³/mol. The largest absolute Gasteiger partial charge is 0.465 e. The van der Waals surface area contributed by atoms with Gasteiger partial charge in [-0.1, -0.05) is 0 Å². The van der Waals surface area contributed by atoms with Crippen LogP contribution in [0.15, 0.2) is 0 Å². The highest BCUT2D eigenvalue weighted by Crippen LogP contribution is 1.97. The summed E-state index contributed by atoms with van der Waals surface area (Å²) in [6.45, 7) is 0.376. The van der Waals surface area contributed by atoms with E-state index in [-0.39, 0.29) is 0 Å². The second kappa shape index (κ2) is 6.24. The quantitative estimate of drug-likeness (QED) is 0.410. The minimum absolute atomic E-state index is 0.376. The van der Waals surface area contributed by atoms with Crippen LogP contribution < -0.4 is 16.8 Å². The number of hydrogen-bond donors (Lipinski definition) is 4. The number of carboxylic acid groups (broad SMARTS) is 1. The standard InChI is InChI=1S/C7H15N3O3/c8-5(6(9)11)3-1-2-4-10-7(12)13/h5,10H,1-4,8H2,(H2,9,11)(H,12,13). The lowest BCUT2D eigenvalue weighted by Gasteiger charge is -2.06. The molecule has 0 spiro atoms. The van der Waals surface area contributed by atoms with Crippen LogP contribution in [0.5, 0.6) is 0 Å². The van der Waals surface area contributed by atoms with E-state index in [4.69, 9.17) is 16.6 Å². The average Bonchev–Trinajstić information content (AvgIpc) is 2.02. The van der Waals surface area contributed by atoms with Crippen molar-refractivity contribution in [2.24, 2.45) is 11.5 Å². The lowest BCUT2D eigenvalue weighted by atomic mass is 10.1. The third kappa shape index (κ3) is 7.07. The Morgan fingerprint density at radius 1 is 1.38 bits per heavy atom. The van der Waals surface area contributed by atoms with Gasteiger partial charge in [-0.05, 0) is 19.3 Å². The molecule has 0 aliphatic rings. The van der Waals surface area contributed by atoms with Crippen LogP contribution in [0.3, 0.4) is 0 Å². The number of hydrogen-bond acceptors (Lipinski definition) is 3. The second-order valence-corrected chi connectivity index (χ2v) is 2.74. The molecule has 0 aromatic rings. The highest BCUT2D eigenvalue weighted by molar-refractivity contribution is 5.79. The van der Waals surface area contributed by atoms with Gasteiger partial charge < -0.3 is 21.9 Å². The fraction of sp³-hybridized carbons (Fsp3) is 0.714. The van der Waals surface area contributed by atoms with Crippen molar-refractivity contribution in [3.63, 3.8) is 0 Å². The third-order valence-corrected chi connectivity index (χ3v) is 1.58. The zero-order valence-corrected chi connectivity index (χ0v) is 7.32. The summed E-state index contributed by atoms with van der Waals surface area (Å²) >= 11 is 0. The average molecular weight is 189 g/mol. The van der Waals surface area contributed by atoms with Crippen molar-refractivity contribution < 1.29 is 14.7 Å². The lowest BCUT2D eigenvalue weighted by molar-refractivity contribution is -0.119. The number of unbranched alkanes of at least 4 members (excludes halogenated alkanes) is 1. The molecule has 0 saturated heterocycles. The molecule has 0 radical (unpaired) electrons. The van der Waals surface area contributed by atoms with Crippen LogP contribution in [0.1, 0.15) is 19.3 Å². The fourth-order valence-electron chi connectivity index (χ4n) is 0.827. The normalized spacial score (nSPS) is 12.1. The Kier molecular flexibility index (Phi) is 5.62. The minimum atomic E-state index is -1.04. The van der Waals surface area contributed by atoms with Gasteiger partial charge in [-0.2, -0.15) is 0 Å². The van der Waals surface area contributed by atoms with Crippen LogP contribution in [-0.2, 0) is 4.79 Å². The number of primary amides is 1. The SMILES string of the molecule is NC(=O)C(N)CCCCNC(=O)O. The van der Waals surface area contributed by atoms with Crippen molar-refractivity contribution in [3.8, 4) is 0 Å². The molecule has 0 aromatic carbocycles. The number of amides is 2. The molecule has 0 bridgehead atoms. The molecule has 0 fully saturated rings. The van der Waals surface area contributed by atoms with Gasteiger partial charge >= 0.3 is 6.09 Å². The van der Waals surface area contributed by atoms with Gasteiger partial charge in [0.1, 0.15) is 0 Å². The number of nitrogens with one attached hydrogen (secondary N) is 1. The molecular weight excluding hydrogens is 174 g/mol. The molecular formula is C7H15N3O3. The van der Waals surface area contributed by atoms with E-state index < -0.39 is 18.0 Å². The summed E-state index contributed by atoms with van der Waals surface area (Å²) in [4.78, 5) is 20.5. The summed E-state index contributed by atoms with van der Waals surface area (Å²) < 4.78 is 0. The highest BCUT2D eigenvalue weighted by Gasteiger charge is 2.07. The molecule has 6 heteroatoms. The highest BCUT2D eigenvalue weighted by atomic mass is 16.4. The third-order valence-electron chi connectivity index (χ3n) is 1.58. The Bertz CT molecular complexity index is 184. The van der Waals surface area contributed by atoms with E-state index in [1.165, 1.54) is 0 Å². The molecule has 0 aliphatic heterocycles. The number of carbonyl (C=O) groups excluding carboxylic acids is 1. The van der Waals surface area contributed by atoms with Crippen LogP contribution in [0, 0.1) is 0 Å². The van der Waals surface area contributed by atoms with Crippen LogP contribution >= 0.6 is 0 Å². The van der Waals surface area contributed by atoms with Crippen molar-refractivity contribution in [1.82, 2.24) is 5.32 Å². The van der Waals surface area contributed by atoms with Gasteiger partial charge in [0.15, 0.2) is 0 Å². The molecule has 1 atom stereocenters. The van der Waals surface area contributed by atoms with Gasteiger partial charge in [-0.15, -0.1) is 0 Å². The van der Waals surface area contributed by atoms with Crippen molar-refractivity contribution in [1.29, 1.82) is 0 Å². The Balaban J connectivity index is 3.26. The Hall–Kier alpha value is -1.30. The van der Waals surface area contributed by atoms with Crippen molar-refractivity contribution in [2.75, 3.05) is 6.54 Å². The second-order valence-electron chi connectivity index (χ2n) is 2.74. The molecule has 6 N–H and O–H groups in total. The number of rotatable bonds is 6. The van der Waals surface area contributed by atoms with E-state index in [1.54, 1.807) is 0 Å². The van der Waals surface area contributed by atoms with Gasteiger partial charge in [-0.3, -0.25) is 4.79 Å². The van der Waals surface area contributed by atoms with Crippen LogP contribution in [0.2, 0.25) is 0 Å². The van der Waals surface area contributed by atoms with Gasteiger partial charge in [0, 0.05) is 6.54 Å². The zero-order chi connectivity index (χ0) is 10.3. The van der Waals surface area contributed by atoms with Gasteiger partial charge in [0.2, 0.25) is 5.91 Å². The Morgan fingerprint density at radius 3 is 2.46 bits per heavy atom.